The van der Waals surface area contributed by atoms with Crippen LogP contribution in [0.25, 0.3) is 11.0 Å². The summed E-state index contributed by atoms with van der Waals surface area (Å²) in [6.45, 7) is 12.4. The zero-order valence-corrected chi connectivity index (χ0v) is 17.0. The van der Waals surface area contributed by atoms with E-state index in [4.69, 9.17) is 0 Å². The Kier molecular flexibility index (Phi) is 4.69. The van der Waals surface area contributed by atoms with Crippen molar-refractivity contribution in [1.29, 1.82) is 0 Å². The second-order valence-electron chi connectivity index (χ2n) is 8.61. The molecule has 0 amide bonds. The van der Waals surface area contributed by atoms with E-state index in [1.807, 2.05) is 36.4 Å². The van der Waals surface area contributed by atoms with Crippen LogP contribution in [0.1, 0.15) is 41.5 Å². The predicted octanol–water partition coefficient (Wildman–Crippen LogP) is 5.54. The van der Waals surface area contributed by atoms with Gasteiger partial charge in [0.2, 0.25) is 0 Å². The number of benzene rings is 1. The van der Waals surface area contributed by atoms with E-state index in [2.05, 4.69) is 55.9 Å². The molecular weight excluding hydrogens is 342 g/mol. The molecule has 0 saturated heterocycles. The fourth-order valence-electron chi connectivity index (χ4n) is 2.85. The molecule has 136 valence electrons. The standard InChI is InChI=1S/C21H25N3OS/c1-20(2,3)14-11-13(12-15(18(14)25)21(4,5)6)24-26-19-22-16-9-7-8-10-17(16)23-19/h7-12H,1-6H3,(H,22,23). The third-order valence-corrected chi connectivity index (χ3v) is 4.96. The van der Waals surface area contributed by atoms with Crippen LogP contribution in [0.15, 0.2) is 57.1 Å². The van der Waals surface area contributed by atoms with Gasteiger partial charge in [-0.25, -0.2) is 9.38 Å². The van der Waals surface area contributed by atoms with E-state index >= 15 is 0 Å². The van der Waals surface area contributed by atoms with Gasteiger partial charge in [-0.1, -0.05) is 53.7 Å². The maximum atomic E-state index is 12.9. The van der Waals surface area contributed by atoms with Crippen molar-refractivity contribution < 1.29 is 4.79 Å². The zero-order chi connectivity index (χ0) is 19.1. The minimum Gasteiger partial charge on any atom is -0.331 e. The molecule has 0 saturated carbocycles. The summed E-state index contributed by atoms with van der Waals surface area (Å²) < 4.78 is 4.65. The van der Waals surface area contributed by atoms with E-state index in [9.17, 15) is 4.79 Å². The first-order valence-electron chi connectivity index (χ1n) is 8.74. The SMILES string of the molecule is CC(C)(C)C1=CC(=NSc2nc3ccccc3[nH]2)C=C(C(C)(C)C)C1=O. The topological polar surface area (TPSA) is 58.1 Å². The molecule has 1 N–H and O–H groups in total. The van der Waals surface area contributed by atoms with Gasteiger partial charge >= 0.3 is 0 Å². The Hall–Kier alpha value is -2.14. The van der Waals surface area contributed by atoms with Crippen LogP contribution in [0.2, 0.25) is 0 Å². The van der Waals surface area contributed by atoms with Crippen molar-refractivity contribution in [3.8, 4) is 0 Å². The normalized spacial score (nSPS) is 15.9. The van der Waals surface area contributed by atoms with Gasteiger partial charge in [-0.2, -0.15) is 0 Å². The van der Waals surface area contributed by atoms with Crippen LogP contribution in [0.4, 0.5) is 0 Å². The van der Waals surface area contributed by atoms with Gasteiger partial charge < -0.3 is 4.98 Å². The highest BCUT2D eigenvalue weighted by Gasteiger charge is 2.34. The van der Waals surface area contributed by atoms with Crippen LogP contribution in [0, 0.1) is 10.8 Å². The summed E-state index contributed by atoms with van der Waals surface area (Å²) in [4.78, 5) is 20.7. The van der Waals surface area contributed by atoms with Gasteiger partial charge in [0.05, 0.1) is 28.7 Å². The highest BCUT2D eigenvalue weighted by atomic mass is 32.2. The van der Waals surface area contributed by atoms with E-state index < -0.39 is 0 Å². The van der Waals surface area contributed by atoms with E-state index in [1.54, 1.807) is 0 Å². The number of H-pyrrole nitrogens is 1. The number of imidazole rings is 1. The number of carbonyl (C=O) groups excluding carboxylic acids is 1. The monoisotopic (exact) mass is 367 g/mol. The second kappa shape index (κ2) is 6.54. The first kappa shape index (κ1) is 18.6. The van der Waals surface area contributed by atoms with Crippen LogP contribution >= 0.6 is 11.9 Å². The molecule has 0 aliphatic heterocycles. The number of aromatic amines is 1. The molecule has 3 rings (SSSR count). The number of nitrogens with one attached hydrogen (secondary N) is 1. The molecular formula is C21H25N3OS. The predicted molar refractivity (Wildman–Crippen MR) is 109 cm³/mol. The van der Waals surface area contributed by atoms with E-state index in [1.165, 1.54) is 11.9 Å². The maximum absolute atomic E-state index is 12.9. The van der Waals surface area contributed by atoms with Gasteiger partial charge in [-0.15, -0.1) is 0 Å². The number of carbonyl (C=O) groups is 1. The van der Waals surface area contributed by atoms with Crippen molar-refractivity contribution in [2.75, 3.05) is 0 Å². The number of ketones is 1. The summed E-state index contributed by atoms with van der Waals surface area (Å²) in [5.41, 5.74) is 3.85. The molecule has 0 fully saturated rings. The van der Waals surface area contributed by atoms with Crippen molar-refractivity contribution in [3.63, 3.8) is 0 Å². The molecule has 0 spiro atoms. The summed E-state index contributed by atoms with van der Waals surface area (Å²) >= 11 is 1.30. The first-order valence-corrected chi connectivity index (χ1v) is 9.52. The Morgan fingerprint density at radius 2 is 1.54 bits per heavy atom. The molecule has 1 heterocycles. The zero-order valence-electron chi connectivity index (χ0n) is 16.2. The number of fused-ring (bicyclic) bond motifs is 1. The van der Waals surface area contributed by atoms with Crippen molar-refractivity contribution in [1.82, 2.24) is 9.97 Å². The highest BCUT2D eigenvalue weighted by Crippen LogP contribution is 2.37. The van der Waals surface area contributed by atoms with Crippen LogP contribution in [-0.2, 0) is 4.79 Å². The second-order valence-corrected chi connectivity index (χ2v) is 9.36. The lowest BCUT2D eigenvalue weighted by atomic mass is 9.72. The third-order valence-electron chi connectivity index (χ3n) is 4.29. The van der Waals surface area contributed by atoms with Crippen LogP contribution in [0.5, 0.6) is 0 Å². The van der Waals surface area contributed by atoms with E-state index in [0.717, 1.165) is 33.0 Å². The summed E-state index contributed by atoms with van der Waals surface area (Å²) in [7, 11) is 0. The molecule has 1 aromatic heterocycles. The van der Waals surface area contributed by atoms with Crippen LogP contribution in [-0.4, -0.2) is 21.5 Å². The highest BCUT2D eigenvalue weighted by molar-refractivity contribution is 7.98. The largest absolute Gasteiger partial charge is 0.331 e. The lowest BCUT2D eigenvalue weighted by molar-refractivity contribution is -0.114. The Labute approximate surface area is 159 Å². The lowest BCUT2D eigenvalue weighted by Crippen LogP contribution is -2.29. The average Bonchev–Trinajstić information content (AvgIpc) is 2.94. The first-order chi connectivity index (χ1) is 12.1. The average molecular weight is 368 g/mol. The number of allylic oxidation sites excluding steroid dienone is 4. The Bertz CT molecular complexity index is 881. The van der Waals surface area contributed by atoms with Crippen LogP contribution in [0.3, 0.4) is 0 Å². The van der Waals surface area contributed by atoms with Gasteiger partial charge in [0.1, 0.15) is 0 Å². The molecule has 1 aliphatic carbocycles. The molecule has 2 aromatic rings. The molecule has 26 heavy (non-hydrogen) atoms. The quantitative estimate of drug-likeness (QED) is 0.560. The van der Waals surface area contributed by atoms with E-state index in [-0.39, 0.29) is 16.6 Å². The summed E-state index contributed by atoms with van der Waals surface area (Å²) in [5, 5.41) is 0.743. The molecule has 0 atom stereocenters. The molecule has 1 aromatic carbocycles. The fraction of sp³-hybridized carbons (Fsp3) is 0.381. The third kappa shape index (κ3) is 3.83. The van der Waals surface area contributed by atoms with E-state index in [0.29, 0.717) is 0 Å². The van der Waals surface area contributed by atoms with Gasteiger partial charge in [-0.05, 0) is 35.1 Å². The van der Waals surface area contributed by atoms with Crippen LogP contribution < -0.4 is 0 Å². The molecule has 0 radical (unpaired) electrons. The lowest BCUT2D eigenvalue weighted by Gasteiger charge is -2.30. The minimum atomic E-state index is -0.230. The minimum absolute atomic E-state index is 0.123. The van der Waals surface area contributed by atoms with Crippen molar-refractivity contribution >= 4 is 34.5 Å². The molecule has 4 nitrogen and oxygen atoms in total. The van der Waals surface area contributed by atoms with Gasteiger partial charge in [0.25, 0.3) is 0 Å². The summed E-state index contributed by atoms with van der Waals surface area (Å²) in [5.74, 6) is 0.123. The maximum Gasteiger partial charge on any atom is 0.189 e. The number of rotatable bonds is 2. The number of Topliss-reactive ketones (excluding diaryl/α,β-unsaturated/α-hetero) is 1. The Balaban J connectivity index is 1.97. The number of aromatic nitrogens is 2. The fourth-order valence-corrected chi connectivity index (χ4v) is 3.44. The number of hydrogen-bond donors (Lipinski definition) is 1. The van der Waals surface area contributed by atoms with Crippen molar-refractivity contribution in [2.45, 2.75) is 46.7 Å². The number of nitrogens with zero attached hydrogens (tertiary/aromatic N) is 2. The Morgan fingerprint density at radius 3 is 2.08 bits per heavy atom. The Morgan fingerprint density at radius 1 is 0.962 bits per heavy atom. The number of para-hydroxylation sites is 2. The summed E-state index contributed by atoms with van der Waals surface area (Å²) in [6.07, 6.45) is 3.82. The van der Waals surface area contributed by atoms with Crippen molar-refractivity contribution in [2.24, 2.45) is 15.2 Å². The van der Waals surface area contributed by atoms with Gasteiger partial charge in [0, 0.05) is 11.1 Å². The van der Waals surface area contributed by atoms with Gasteiger partial charge in [0.15, 0.2) is 10.9 Å². The van der Waals surface area contributed by atoms with Crippen molar-refractivity contribution in [3.05, 3.63) is 47.6 Å². The summed E-state index contributed by atoms with van der Waals surface area (Å²) in [6, 6.07) is 7.91. The molecule has 5 heteroatoms. The smallest absolute Gasteiger partial charge is 0.189 e. The molecule has 0 bridgehead atoms. The molecule has 0 unspecified atom stereocenters. The number of hydrogen-bond acceptors (Lipinski definition) is 4. The molecule has 1 aliphatic rings. The van der Waals surface area contributed by atoms with Gasteiger partial charge in [-0.3, -0.25) is 4.79 Å².